The molecule has 2 heterocycles. The normalized spacial score (nSPS) is 18.3. The first-order chi connectivity index (χ1) is 26.8. The number of unbranched alkanes of at least 4 members (excludes halogenated alkanes) is 3. The zero-order valence-corrected chi connectivity index (χ0v) is 36.3. The molecular formula is C43H67N5O8S. The highest BCUT2D eigenvalue weighted by Crippen LogP contribution is 2.33. The van der Waals surface area contributed by atoms with Crippen LogP contribution < -0.4 is 16.0 Å². The number of phenolic OH excluding ortho intramolecular Hbond substituents is 1. The summed E-state index contributed by atoms with van der Waals surface area (Å²) >= 11 is 1.18. The van der Waals surface area contributed by atoms with E-state index in [1.807, 2.05) is 39.5 Å². The van der Waals surface area contributed by atoms with Crippen molar-refractivity contribution in [1.29, 1.82) is 0 Å². The highest BCUT2D eigenvalue weighted by atomic mass is 32.1. The van der Waals surface area contributed by atoms with E-state index in [0.29, 0.717) is 30.8 Å². The summed E-state index contributed by atoms with van der Waals surface area (Å²) in [5.41, 5.74) is -0.988. The molecule has 3 rings (SSSR count). The maximum Gasteiger partial charge on any atom is 0.309 e. The van der Waals surface area contributed by atoms with E-state index in [1.54, 1.807) is 31.4 Å². The van der Waals surface area contributed by atoms with E-state index in [2.05, 4.69) is 27.9 Å². The molecule has 1 aliphatic rings. The quantitative estimate of drug-likeness (QED) is 0.0591. The van der Waals surface area contributed by atoms with Gasteiger partial charge in [-0.3, -0.25) is 24.0 Å². The molecule has 0 spiro atoms. The molecule has 0 bridgehead atoms. The average molecular weight is 814 g/mol. The van der Waals surface area contributed by atoms with Gasteiger partial charge < -0.3 is 35.8 Å². The zero-order valence-electron chi connectivity index (χ0n) is 35.5. The van der Waals surface area contributed by atoms with E-state index < -0.39 is 53.0 Å². The van der Waals surface area contributed by atoms with E-state index in [-0.39, 0.29) is 47.9 Å². The van der Waals surface area contributed by atoms with Gasteiger partial charge in [0.15, 0.2) is 6.10 Å². The van der Waals surface area contributed by atoms with Crippen molar-refractivity contribution in [3.63, 3.8) is 0 Å². The highest BCUT2D eigenvalue weighted by Gasteiger charge is 2.42. The number of phenols is 1. The van der Waals surface area contributed by atoms with Crippen molar-refractivity contribution in [2.24, 2.45) is 17.3 Å². The SMILES string of the molecule is CCCCCCN(C(=O)[C@@H](NC(=O)[C@@]1(C)CCCN1)[C@@H](C)CC)[C@H](C[C@@H](OC(C)=O)c1nc(C(=O)N[C@@H](Cc2ccc(O)cc2)CC(C)(C)C(=O)O)cs1)C(C)C. The van der Waals surface area contributed by atoms with Gasteiger partial charge in [0.25, 0.3) is 5.91 Å². The van der Waals surface area contributed by atoms with Crippen LogP contribution in [0.5, 0.6) is 5.75 Å². The summed E-state index contributed by atoms with van der Waals surface area (Å²) in [6.07, 6.45) is 5.81. The van der Waals surface area contributed by atoms with Gasteiger partial charge in [-0.2, -0.15) is 0 Å². The molecule has 1 aliphatic heterocycles. The minimum absolute atomic E-state index is 0.0681. The van der Waals surface area contributed by atoms with Crippen LogP contribution in [0.1, 0.15) is 147 Å². The Balaban J connectivity index is 1.94. The van der Waals surface area contributed by atoms with E-state index in [1.165, 1.54) is 30.4 Å². The standard InChI is InChI=1S/C43H67N5O8S/c1-10-12-13-14-22-48(39(52)36(28(5)11-2)47-40(53)43(9)20-15-21-44-43)34(27(3)4)24-35(56-29(6)49)38-46-33(26-57-38)37(51)45-31(25-42(7,8)41(54)55)23-30-16-18-32(50)19-17-30/h16-19,26-28,31,34-36,44,50H,10-15,20-25H2,1-9H3,(H,45,51)(H,47,53)(H,54,55)/t28-,31-,34+,35+,36-,43+/m0/s1. The number of carbonyl (C=O) groups is 5. The van der Waals surface area contributed by atoms with E-state index in [4.69, 9.17) is 4.74 Å². The number of carbonyl (C=O) groups excluding carboxylic acids is 4. The highest BCUT2D eigenvalue weighted by molar-refractivity contribution is 7.09. The van der Waals surface area contributed by atoms with E-state index in [0.717, 1.165) is 44.2 Å². The Labute approximate surface area is 343 Å². The van der Waals surface area contributed by atoms with Crippen molar-refractivity contribution in [2.45, 2.75) is 156 Å². The van der Waals surface area contributed by atoms with Crippen LogP contribution in [0, 0.1) is 17.3 Å². The predicted octanol–water partition coefficient (Wildman–Crippen LogP) is 6.79. The lowest BCUT2D eigenvalue weighted by molar-refractivity contribution is -0.150. The van der Waals surface area contributed by atoms with Crippen molar-refractivity contribution < 1.29 is 38.9 Å². The van der Waals surface area contributed by atoms with Gasteiger partial charge in [0.2, 0.25) is 11.8 Å². The number of carboxylic acid groups (broad SMARTS) is 1. The number of hydrogen-bond donors (Lipinski definition) is 5. The van der Waals surface area contributed by atoms with Crippen LogP contribution in [0.15, 0.2) is 29.6 Å². The molecule has 14 heteroatoms. The Morgan fingerprint density at radius 1 is 1.05 bits per heavy atom. The molecule has 0 radical (unpaired) electrons. The molecule has 1 aromatic carbocycles. The molecule has 1 aromatic heterocycles. The maximum absolute atomic E-state index is 14.8. The van der Waals surface area contributed by atoms with Crippen molar-refractivity contribution in [2.75, 3.05) is 13.1 Å². The molecule has 1 fully saturated rings. The number of ether oxygens (including phenoxy) is 1. The van der Waals surface area contributed by atoms with Gasteiger partial charge in [-0.15, -0.1) is 11.3 Å². The fraction of sp³-hybridized carbons (Fsp3) is 0.674. The molecule has 0 saturated carbocycles. The van der Waals surface area contributed by atoms with Gasteiger partial charge in [-0.05, 0) is 89.0 Å². The third-order valence-corrected chi connectivity index (χ3v) is 12.2. The number of benzene rings is 1. The Bertz CT molecular complexity index is 1640. The summed E-state index contributed by atoms with van der Waals surface area (Å²) in [7, 11) is 0. The second kappa shape index (κ2) is 21.6. The van der Waals surface area contributed by atoms with Gasteiger partial charge in [0.05, 0.1) is 11.0 Å². The minimum atomic E-state index is -1.14. The number of carboxylic acids is 1. The van der Waals surface area contributed by atoms with Crippen LogP contribution in [0.25, 0.3) is 0 Å². The van der Waals surface area contributed by atoms with Gasteiger partial charge in [0.1, 0.15) is 22.5 Å². The maximum atomic E-state index is 14.8. The lowest BCUT2D eigenvalue weighted by atomic mass is 9.84. The smallest absolute Gasteiger partial charge is 0.309 e. The first-order valence-electron chi connectivity index (χ1n) is 20.6. The number of esters is 1. The molecular weight excluding hydrogens is 747 g/mol. The van der Waals surface area contributed by atoms with Crippen LogP contribution in [-0.2, 0) is 30.3 Å². The number of rotatable bonds is 23. The monoisotopic (exact) mass is 813 g/mol. The number of nitrogens with one attached hydrogen (secondary N) is 3. The second-order valence-corrected chi connectivity index (χ2v) is 17.8. The van der Waals surface area contributed by atoms with E-state index in [9.17, 15) is 34.2 Å². The van der Waals surface area contributed by atoms with Crippen LogP contribution >= 0.6 is 11.3 Å². The first kappa shape index (κ1) is 47.3. The Morgan fingerprint density at radius 2 is 1.74 bits per heavy atom. The first-order valence-corrected chi connectivity index (χ1v) is 21.5. The lowest BCUT2D eigenvalue weighted by Crippen LogP contribution is -2.60. The Morgan fingerprint density at radius 3 is 2.30 bits per heavy atom. The van der Waals surface area contributed by atoms with Crippen LogP contribution in [-0.4, -0.2) is 86.5 Å². The van der Waals surface area contributed by atoms with Gasteiger partial charge in [-0.25, -0.2) is 4.98 Å². The molecule has 57 heavy (non-hydrogen) atoms. The molecule has 0 unspecified atom stereocenters. The third kappa shape index (κ3) is 13.8. The Kier molecular flexibility index (Phi) is 18.0. The van der Waals surface area contributed by atoms with Gasteiger partial charge in [-0.1, -0.05) is 72.4 Å². The Hall–Kier alpha value is -4.04. The summed E-state index contributed by atoms with van der Waals surface area (Å²) < 4.78 is 5.90. The fourth-order valence-electron chi connectivity index (χ4n) is 7.37. The minimum Gasteiger partial charge on any atom is -0.508 e. The van der Waals surface area contributed by atoms with Crippen molar-refractivity contribution in [3.05, 3.63) is 45.9 Å². The van der Waals surface area contributed by atoms with Crippen molar-refractivity contribution in [1.82, 2.24) is 25.8 Å². The van der Waals surface area contributed by atoms with Crippen molar-refractivity contribution in [3.8, 4) is 5.75 Å². The van der Waals surface area contributed by atoms with Crippen molar-refractivity contribution >= 4 is 41.0 Å². The number of hydrogen-bond acceptors (Lipinski definition) is 10. The molecule has 1 saturated heterocycles. The molecule has 13 nitrogen and oxygen atoms in total. The molecule has 318 valence electrons. The molecule has 5 N–H and O–H groups in total. The van der Waals surface area contributed by atoms with Crippen LogP contribution in [0.3, 0.4) is 0 Å². The number of nitrogens with zero attached hydrogens (tertiary/aromatic N) is 2. The molecule has 0 aliphatic carbocycles. The third-order valence-electron chi connectivity index (χ3n) is 11.2. The summed E-state index contributed by atoms with van der Waals surface area (Å²) in [5.74, 6) is -2.50. The lowest BCUT2D eigenvalue weighted by Gasteiger charge is -2.40. The van der Waals surface area contributed by atoms with Crippen LogP contribution in [0.2, 0.25) is 0 Å². The molecule has 2 aromatic rings. The zero-order chi connectivity index (χ0) is 42.5. The number of thiazole rings is 1. The molecule has 3 amide bonds. The topological polar surface area (TPSA) is 187 Å². The number of aromatic nitrogens is 1. The van der Waals surface area contributed by atoms with Gasteiger partial charge in [0, 0.05) is 37.4 Å². The van der Waals surface area contributed by atoms with Gasteiger partial charge >= 0.3 is 11.9 Å². The summed E-state index contributed by atoms with van der Waals surface area (Å²) in [4.78, 5) is 73.3. The average Bonchev–Trinajstić information content (AvgIpc) is 3.83. The predicted molar refractivity (Wildman–Crippen MR) is 222 cm³/mol. The van der Waals surface area contributed by atoms with E-state index >= 15 is 0 Å². The fourth-order valence-corrected chi connectivity index (χ4v) is 8.21. The summed E-state index contributed by atoms with van der Waals surface area (Å²) in [6, 6.07) is 4.79. The number of amides is 3. The summed E-state index contributed by atoms with van der Waals surface area (Å²) in [6.45, 7) is 17.8. The largest absolute Gasteiger partial charge is 0.508 e. The second-order valence-electron chi connectivity index (χ2n) is 16.9. The summed E-state index contributed by atoms with van der Waals surface area (Å²) in [5, 5.41) is 31.0. The number of aliphatic carboxylic acids is 1. The molecule has 6 atom stereocenters. The van der Waals surface area contributed by atoms with Crippen LogP contribution in [0.4, 0.5) is 0 Å². The number of aromatic hydroxyl groups is 1.